The van der Waals surface area contributed by atoms with Crippen molar-refractivity contribution in [3.05, 3.63) is 41.1 Å². The topological polar surface area (TPSA) is 55.4 Å². The number of halogens is 4. The van der Waals surface area contributed by atoms with Crippen molar-refractivity contribution in [2.24, 2.45) is 11.8 Å². The van der Waals surface area contributed by atoms with E-state index in [4.69, 9.17) is 16.4 Å². The zero-order valence-corrected chi connectivity index (χ0v) is 16.8. The number of benzene rings is 1. The molecular formula is C19H21ClF3NO3S. The standard InChI is InChI=1S/C19H21ClF3NO3S/c1-2-27-24-7-5-14-17(25)9-12(10-18(14)26)6-8-28-13-3-4-15(16(20)11-13)19(21,22)23/h3-5,7,11-12,14,24H,2,6,8-10H2,1H3. The van der Waals surface area contributed by atoms with Crippen molar-refractivity contribution in [2.75, 3.05) is 12.4 Å². The predicted octanol–water partition coefficient (Wildman–Crippen LogP) is 5.06. The minimum absolute atomic E-state index is 0.0538. The minimum Gasteiger partial charge on any atom is -0.299 e. The highest BCUT2D eigenvalue weighted by molar-refractivity contribution is 7.99. The van der Waals surface area contributed by atoms with Gasteiger partial charge in [-0.2, -0.15) is 13.2 Å². The Bertz CT molecular complexity index is 722. The van der Waals surface area contributed by atoms with Gasteiger partial charge in [-0.15, -0.1) is 11.8 Å². The number of carbonyl (C=O) groups is 2. The number of ketones is 2. The Morgan fingerprint density at radius 2 is 1.96 bits per heavy atom. The van der Waals surface area contributed by atoms with Crippen molar-refractivity contribution in [3.63, 3.8) is 0 Å². The average molecular weight is 436 g/mol. The summed E-state index contributed by atoms with van der Waals surface area (Å²) in [6, 6.07) is 3.63. The number of nitrogens with one attached hydrogen (secondary N) is 1. The molecule has 0 aromatic heterocycles. The molecule has 4 nitrogen and oxygen atoms in total. The molecule has 1 fully saturated rings. The molecule has 0 spiro atoms. The number of carbonyl (C=O) groups excluding carboxylic acids is 2. The molecule has 0 amide bonds. The highest BCUT2D eigenvalue weighted by Crippen LogP contribution is 2.37. The van der Waals surface area contributed by atoms with Crippen molar-refractivity contribution in [3.8, 4) is 0 Å². The van der Waals surface area contributed by atoms with Crippen LogP contribution in [-0.4, -0.2) is 23.9 Å². The molecule has 0 saturated heterocycles. The number of hydrogen-bond donors (Lipinski definition) is 1. The molecule has 2 rings (SSSR count). The van der Waals surface area contributed by atoms with E-state index in [9.17, 15) is 22.8 Å². The summed E-state index contributed by atoms with van der Waals surface area (Å²) < 4.78 is 38.2. The van der Waals surface area contributed by atoms with Gasteiger partial charge >= 0.3 is 6.18 Å². The molecule has 1 saturated carbocycles. The minimum atomic E-state index is -4.48. The van der Waals surface area contributed by atoms with E-state index in [0.717, 1.165) is 6.07 Å². The molecule has 1 aliphatic rings. The first kappa shape index (κ1) is 22.8. The first-order chi connectivity index (χ1) is 13.2. The van der Waals surface area contributed by atoms with Gasteiger partial charge in [0.2, 0.25) is 0 Å². The Labute approximate surface area is 170 Å². The monoisotopic (exact) mass is 435 g/mol. The van der Waals surface area contributed by atoms with Crippen LogP contribution >= 0.6 is 23.4 Å². The van der Waals surface area contributed by atoms with Crippen LogP contribution in [0.2, 0.25) is 5.02 Å². The molecule has 0 heterocycles. The molecular weight excluding hydrogens is 415 g/mol. The SMILES string of the molecule is CCONC=CC1C(=O)CC(CCSc2ccc(C(F)(F)F)c(Cl)c2)CC1=O. The van der Waals surface area contributed by atoms with E-state index in [2.05, 4.69) is 5.48 Å². The summed E-state index contributed by atoms with van der Waals surface area (Å²) >= 11 is 7.07. The van der Waals surface area contributed by atoms with E-state index in [-0.39, 0.29) is 22.5 Å². The summed E-state index contributed by atoms with van der Waals surface area (Å²) in [5.74, 6) is -0.469. The van der Waals surface area contributed by atoms with Gasteiger partial charge in [-0.3, -0.25) is 19.9 Å². The van der Waals surface area contributed by atoms with Crippen molar-refractivity contribution >= 4 is 34.9 Å². The van der Waals surface area contributed by atoms with Gasteiger partial charge in [-0.05, 0) is 49.3 Å². The van der Waals surface area contributed by atoms with E-state index in [1.165, 1.54) is 36.2 Å². The molecule has 154 valence electrons. The van der Waals surface area contributed by atoms with E-state index in [1.54, 1.807) is 6.92 Å². The smallest absolute Gasteiger partial charge is 0.299 e. The number of allylic oxidation sites excluding steroid dienone is 1. The maximum atomic E-state index is 12.7. The van der Waals surface area contributed by atoms with Crippen LogP contribution in [0.5, 0.6) is 0 Å². The maximum Gasteiger partial charge on any atom is 0.417 e. The molecule has 0 atom stereocenters. The van der Waals surface area contributed by atoms with E-state index < -0.39 is 17.7 Å². The van der Waals surface area contributed by atoms with Gasteiger partial charge in [0.05, 0.1) is 23.1 Å². The first-order valence-corrected chi connectivity index (χ1v) is 10.2. The van der Waals surface area contributed by atoms with Crippen molar-refractivity contribution in [2.45, 2.75) is 37.3 Å². The van der Waals surface area contributed by atoms with Crippen molar-refractivity contribution in [1.82, 2.24) is 5.48 Å². The number of thioether (sulfide) groups is 1. The largest absolute Gasteiger partial charge is 0.417 e. The molecule has 1 aliphatic carbocycles. The van der Waals surface area contributed by atoms with Crippen LogP contribution in [-0.2, 0) is 20.6 Å². The fourth-order valence-corrected chi connectivity index (χ4v) is 4.32. The molecule has 1 aromatic rings. The van der Waals surface area contributed by atoms with E-state index in [0.29, 0.717) is 36.5 Å². The molecule has 0 radical (unpaired) electrons. The number of alkyl halides is 3. The van der Waals surface area contributed by atoms with Gasteiger partial charge in [0.1, 0.15) is 11.6 Å². The van der Waals surface area contributed by atoms with Gasteiger partial charge in [-0.25, -0.2) is 0 Å². The summed E-state index contributed by atoms with van der Waals surface area (Å²) in [5.41, 5.74) is 1.67. The van der Waals surface area contributed by atoms with Gasteiger partial charge < -0.3 is 0 Å². The molecule has 1 aromatic carbocycles. The molecule has 28 heavy (non-hydrogen) atoms. The van der Waals surface area contributed by atoms with Crippen LogP contribution < -0.4 is 5.48 Å². The quantitative estimate of drug-likeness (QED) is 0.268. The summed E-state index contributed by atoms with van der Waals surface area (Å²) in [4.78, 5) is 30.0. The normalized spacial score (nSPS) is 20.8. The Morgan fingerprint density at radius 1 is 1.29 bits per heavy atom. The predicted molar refractivity (Wildman–Crippen MR) is 102 cm³/mol. The van der Waals surface area contributed by atoms with Crippen LogP contribution in [0.4, 0.5) is 13.2 Å². The van der Waals surface area contributed by atoms with Crippen LogP contribution in [0.25, 0.3) is 0 Å². The Morgan fingerprint density at radius 3 is 2.54 bits per heavy atom. The van der Waals surface area contributed by atoms with Crippen molar-refractivity contribution in [1.29, 1.82) is 0 Å². The average Bonchev–Trinajstić information content (AvgIpc) is 2.59. The van der Waals surface area contributed by atoms with Gasteiger partial charge in [0, 0.05) is 23.9 Å². The summed E-state index contributed by atoms with van der Waals surface area (Å²) in [6.45, 7) is 2.26. The third-order valence-electron chi connectivity index (χ3n) is 4.30. The second kappa shape index (κ2) is 10.3. The van der Waals surface area contributed by atoms with Gasteiger partial charge in [-0.1, -0.05) is 11.6 Å². The molecule has 0 bridgehead atoms. The number of Topliss-reactive ketones (excluding diaryl/α,β-unsaturated/α-hetero) is 2. The highest BCUT2D eigenvalue weighted by atomic mass is 35.5. The lowest BCUT2D eigenvalue weighted by atomic mass is 9.79. The van der Waals surface area contributed by atoms with E-state index in [1.807, 2.05) is 0 Å². The van der Waals surface area contributed by atoms with Crippen LogP contribution in [0.3, 0.4) is 0 Å². The second-order valence-corrected chi connectivity index (χ2v) is 7.95. The highest BCUT2D eigenvalue weighted by Gasteiger charge is 2.34. The van der Waals surface area contributed by atoms with Crippen LogP contribution in [0.15, 0.2) is 35.4 Å². The first-order valence-electron chi connectivity index (χ1n) is 8.81. The summed E-state index contributed by atoms with van der Waals surface area (Å²) in [6.07, 6.45) is -0.280. The Hall–Kier alpha value is -1.51. The number of rotatable bonds is 8. The molecule has 1 N–H and O–H groups in total. The van der Waals surface area contributed by atoms with E-state index >= 15 is 0 Å². The van der Waals surface area contributed by atoms with Crippen molar-refractivity contribution < 1.29 is 27.6 Å². The summed E-state index contributed by atoms with van der Waals surface area (Å²) in [7, 11) is 0. The Balaban J connectivity index is 1.83. The van der Waals surface area contributed by atoms with Crippen LogP contribution in [0, 0.1) is 11.8 Å². The Kier molecular flexibility index (Phi) is 8.39. The zero-order chi connectivity index (χ0) is 20.7. The molecule has 9 heteroatoms. The van der Waals surface area contributed by atoms with Crippen LogP contribution in [0.1, 0.15) is 31.7 Å². The third kappa shape index (κ3) is 6.53. The fourth-order valence-electron chi connectivity index (χ4n) is 2.92. The lowest BCUT2D eigenvalue weighted by Gasteiger charge is -2.24. The lowest BCUT2D eigenvalue weighted by molar-refractivity contribution is -0.138. The number of hydroxylamine groups is 1. The van der Waals surface area contributed by atoms with Gasteiger partial charge in [0.25, 0.3) is 0 Å². The maximum absolute atomic E-state index is 12.7. The lowest BCUT2D eigenvalue weighted by Crippen LogP contribution is -2.32. The fraction of sp³-hybridized carbons (Fsp3) is 0.474. The third-order valence-corrected chi connectivity index (χ3v) is 5.64. The van der Waals surface area contributed by atoms with Gasteiger partial charge in [0.15, 0.2) is 0 Å². The second-order valence-electron chi connectivity index (χ2n) is 6.37. The molecule has 0 aliphatic heterocycles. The molecule has 0 unspecified atom stereocenters. The summed E-state index contributed by atoms with van der Waals surface area (Å²) in [5, 5.41) is -0.337. The zero-order valence-electron chi connectivity index (χ0n) is 15.2. The number of hydrogen-bond acceptors (Lipinski definition) is 5.